The highest BCUT2D eigenvalue weighted by molar-refractivity contribution is 7.92. The smallest absolute Gasteiger partial charge is 0.344 e. The number of amides is 2. The summed E-state index contributed by atoms with van der Waals surface area (Å²) in [6.45, 7) is 1.66. The Morgan fingerprint density at radius 2 is 1.59 bits per heavy atom. The lowest BCUT2D eigenvalue weighted by Crippen LogP contribution is -2.38. The van der Waals surface area contributed by atoms with Gasteiger partial charge in [-0.25, -0.2) is 13.2 Å². The van der Waals surface area contributed by atoms with Gasteiger partial charge in [0.2, 0.25) is 5.91 Å². The van der Waals surface area contributed by atoms with Crippen LogP contribution in [0.25, 0.3) is 0 Å². The van der Waals surface area contributed by atoms with E-state index in [1.807, 2.05) is 24.3 Å². The van der Waals surface area contributed by atoms with E-state index in [0.717, 1.165) is 16.3 Å². The third kappa shape index (κ3) is 6.94. The summed E-state index contributed by atoms with van der Waals surface area (Å²) in [5.74, 6) is -0.876. The fourth-order valence-corrected chi connectivity index (χ4v) is 5.28. The highest BCUT2D eigenvalue weighted by Crippen LogP contribution is 2.25. The molecule has 1 N–H and O–H groups in total. The largest absolute Gasteiger partial charge is 0.482 e. The SMILES string of the molecule is CC(=O)Nc1ccc(S(=O)(=O)N(C)c2ccc(OCC(=O)OCC(=O)N3CCc4ccccc4C3)cc2)cc1. The van der Waals surface area contributed by atoms with Gasteiger partial charge in [-0.2, -0.15) is 0 Å². The predicted octanol–water partition coefficient (Wildman–Crippen LogP) is 2.98. The molecule has 0 aliphatic carbocycles. The first kappa shape index (κ1) is 27.6. The molecule has 0 fully saturated rings. The fraction of sp³-hybridized carbons (Fsp3) is 0.250. The summed E-state index contributed by atoms with van der Waals surface area (Å²) in [4.78, 5) is 37.5. The van der Waals surface area contributed by atoms with Gasteiger partial charge in [0.05, 0.1) is 10.6 Å². The van der Waals surface area contributed by atoms with Crippen LogP contribution in [-0.2, 0) is 42.1 Å². The minimum absolute atomic E-state index is 0.0606. The van der Waals surface area contributed by atoms with Gasteiger partial charge in [-0.1, -0.05) is 24.3 Å². The molecule has 11 heteroatoms. The van der Waals surface area contributed by atoms with Crippen LogP contribution in [0, 0.1) is 0 Å². The molecule has 0 atom stereocenters. The fourth-order valence-electron chi connectivity index (χ4n) is 4.09. The average Bonchev–Trinajstić information content (AvgIpc) is 2.94. The molecule has 0 aromatic heterocycles. The summed E-state index contributed by atoms with van der Waals surface area (Å²) in [7, 11) is -2.43. The molecule has 0 unspecified atom stereocenters. The summed E-state index contributed by atoms with van der Waals surface area (Å²) >= 11 is 0. The van der Waals surface area contributed by atoms with E-state index >= 15 is 0 Å². The quantitative estimate of drug-likeness (QED) is 0.406. The van der Waals surface area contributed by atoms with Gasteiger partial charge in [0.15, 0.2) is 13.2 Å². The van der Waals surface area contributed by atoms with E-state index in [1.54, 1.807) is 17.0 Å². The summed E-state index contributed by atoms with van der Waals surface area (Å²) < 4.78 is 37.6. The first-order valence-electron chi connectivity index (χ1n) is 12.2. The molecule has 39 heavy (non-hydrogen) atoms. The number of nitrogens with zero attached hydrogens (tertiary/aromatic N) is 2. The second-order valence-electron chi connectivity index (χ2n) is 8.96. The lowest BCUT2D eigenvalue weighted by Gasteiger charge is -2.28. The van der Waals surface area contributed by atoms with Crippen molar-refractivity contribution in [3.05, 3.63) is 83.9 Å². The number of esters is 1. The van der Waals surface area contributed by atoms with Crippen LogP contribution in [0.1, 0.15) is 18.1 Å². The van der Waals surface area contributed by atoms with E-state index in [0.29, 0.717) is 30.2 Å². The molecular weight excluding hydrogens is 522 g/mol. The Morgan fingerprint density at radius 1 is 0.923 bits per heavy atom. The zero-order chi connectivity index (χ0) is 28.0. The Morgan fingerprint density at radius 3 is 2.26 bits per heavy atom. The van der Waals surface area contributed by atoms with Crippen molar-refractivity contribution in [2.45, 2.75) is 24.8 Å². The number of rotatable bonds is 9. The van der Waals surface area contributed by atoms with E-state index in [4.69, 9.17) is 9.47 Å². The number of fused-ring (bicyclic) bond motifs is 1. The first-order valence-corrected chi connectivity index (χ1v) is 13.7. The van der Waals surface area contributed by atoms with E-state index in [-0.39, 0.29) is 23.3 Å². The molecule has 3 aromatic rings. The van der Waals surface area contributed by atoms with Gasteiger partial charge in [-0.05, 0) is 66.1 Å². The van der Waals surface area contributed by atoms with Crippen molar-refractivity contribution >= 4 is 39.2 Å². The van der Waals surface area contributed by atoms with Gasteiger partial charge < -0.3 is 19.7 Å². The monoisotopic (exact) mass is 551 g/mol. The van der Waals surface area contributed by atoms with Crippen molar-refractivity contribution in [3.63, 3.8) is 0 Å². The molecule has 0 saturated carbocycles. The summed E-state index contributed by atoms with van der Waals surface area (Å²) in [6.07, 6.45) is 0.760. The minimum atomic E-state index is -3.85. The minimum Gasteiger partial charge on any atom is -0.482 e. The van der Waals surface area contributed by atoms with Crippen molar-refractivity contribution in [2.24, 2.45) is 0 Å². The molecule has 1 aliphatic heterocycles. The number of sulfonamides is 1. The van der Waals surface area contributed by atoms with E-state index < -0.39 is 22.6 Å². The molecule has 0 saturated heterocycles. The number of carbonyl (C=O) groups is 3. The lowest BCUT2D eigenvalue weighted by molar-refractivity contribution is -0.154. The molecule has 3 aromatic carbocycles. The van der Waals surface area contributed by atoms with E-state index in [2.05, 4.69) is 5.32 Å². The Hall–Kier alpha value is -4.38. The van der Waals surface area contributed by atoms with Crippen LogP contribution in [0.5, 0.6) is 5.75 Å². The van der Waals surface area contributed by atoms with Crippen LogP contribution in [0.4, 0.5) is 11.4 Å². The van der Waals surface area contributed by atoms with Gasteiger partial charge in [-0.15, -0.1) is 0 Å². The van der Waals surface area contributed by atoms with Crippen molar-refractivity contribution in [1.82, 2.24) is 4.90 Å². The van der Waals surface area contributed by atoms with Crippen LogP contribution in [-0.4, -0.2) is 57.9 Å². The zero-order valence-corrected chi connectivity index (χ0v) is 22.4. The van der Waals surface area contributed by atoms with E-state index in [1.165, 1.54) is 55.9 Å². The Bertz CT molecular complexity index is 1460. The van der Waals surface area contributed by atoms with Gasteiger partial charge in [0, 0.05) is 32.7 Å². The number of ether oxygens (including phenoxy) is 2. The van der Waals surface area contributed by atoms with E-state index in [9.17, 15) is 22.8 Å². The molecule has 0 spiro atoms. The van der Waals surface area contributed by atoms with Gasteiger partial charge in [0.25, 0.3) is 15.9 Å². The lowest BCUT2D eigenvalue weighted by atomic mass is 10.00. The van der Waals surface area contributed by atoms with Gasteiger partial charge in [0.1, 0.15) is 5.75 Å². The zero-order valence-electron chi connectivity index (χ0n) is 21.6. The third-order valence-electron chi connectivity index (χ3n) is 6.23. The number of hydrogen-bond acceptors (Lipinski definition) is 7. The number of carbonyl (C=O) groups excluding carboxylic acids is 3. The number of benzene rings is 3. The van der Waals surface area contributed by atoms with Crippen molar-refractivity contribution in [2.75, 3.05) is 36.4 Å². The third-order valence-corrected chi connectivity index (χ3v) is 8.03. The van der Waals surface area contributed by atoms with Crippen molar-refractivity contribution in [1.29, 1.82) is 0 Å². The molecule has 2 amide bonds. The van der Waals surface area contributed by atoms with Crippen LogP contribution < -0.4 is 14.4 Å². The van der Waals surface area contributed by atoms with Crippen molar-refractivity contribution < 1.29 is 32.3 Å². The molecule has 10 nitrogen and oxygen atoms in total. The average molecular weight is 552 g/mol. The second-order valence-corrected chi connectivity index (χ2v) is 10.9. The summed E-state index contributed by atoms with van der Waals surface area (Å²) in [6, 6.07) is 19.9. The highest BCUT2D eigenvalue weighted by Gasteiger charge is 2.23. The maximum atomic E-state index is 13.0. The van der Waals surface area contributed by atoms with Crippen LogP contribution in [0.2, 0.25) is 0 Å². The Kier molecular flexibility index (Phi) is 8.50. The standard InChI is InChI=1S/C28H29N3O7S/c1-20(32)29-23-7-13-26(14-8-23)39(35,36)30(2)24-9-11-25(12-10-24)37-19-28(34)38-18-27(33)31-16-15-21-5-3-4-6-22(21)17-31/h3-14H,15-19H2,1-2H3,(H,29,32). The van der Waals surface area contributed by atoms with Crippen molar-refractivity contribution in [3.8, 4) is 5.75 Å². The Labute approximate surface area is 227 Å². The molecule has 0 bridgehead atoms. The molecule has 1 aliphatic rings. The topological polar surface area (TPSA) is 122 Å². The number of hydrogen-bond donors (Lipinski definition) is 1. The second kappa shape index (κ2) is 12.0. The molecule has 204 valence electrons. The maximum Gasteiger partial charge on any atom is 0.344 e. The molecular formula is C28H29N3O7S. The summed E-state index contributed by atoms with van der Waals surface area (Å²) in [5, 5.41) is 2.59. The van der Waals surface area contributed by atoms with Crippen LogP contribution in [0.15, 0.2) is 77.7 Å². The Balaban J connectivity index is 1.25. The predicted molar refractivity (Wildman–Crippen MR) is 145 cm³/mol. The molecule has 1 heterocycles. The highest BCUT2D eigenvalue weighted by atomic mass is 32.2. The van der Waals surface area contributed by atoms with Gasteiger partial charge >= 0.3 is 5.97 Å². The normalized spacial score (nSPS) is 12.7. The van der Waals surface area contributed by atoms with Crippen LogP contribution in [0.3, 0.4) is 0 Å². The maximum absolute atomic E-state index is 13.0. The number of nitrogens with one attached hydrogen (secondary N) is 1. The first-order chi connectivity index (χ1) is 18.6. The van der Waals surface area contributed by atoms with Gasteiger partial charge in [-0.3, -0.25) is 13.9 Å². The van der Waals surface area contributed by atoms with Crippen LogP contribution >= 0.6 is 0 Å². The molecule has 4 rings (SSSR count). The summed E-state index contributed by atoms with van der Waals surface area (Å²) in [5.41, 5.74) is 3.18. The molecule has 0 radical (unpaired) electrons. The number of anilines is 2.